The van der Waals surface area contributed by atoms with Gasteiger partial charge in [0.25, 0.3) is 0 Å². The zero-order valence-corrected chi connectivity index (χ0v) is 23.3. The molecule has 6 rings (SSSR count). The lowest BCUT2D eigenvalue weighted by Gasteiger charge is -2.41. The van der Waals surface area contributed by atoms with Crippen LogP contribution < -0.4 is 15.4 Å². The van der Waals surface area contributed by atoms with Crippen LogP contribution in [0.5, 0.6) is 11.5 Å². The molecule has 2 aliphatic heterocycles. The number of carbonyl (C=O) groups is 1. The zero-order chi connectivity index (χ0) is 28.9. The fourth-order valence-electron chi connectivity index (χ4n) is 5.24. The number of para-hydroxylation sites is 1. The molecule has 2 aliphatic rings. The van der Waals surface area contributed by atoms with Gasteiger partial charge in [-0.2, -0.15) is 0 Å². The van der Waals surface area contributed by atoms with Crippen LogP contribution in [0.25, 0.3) is 11.3 Å². The number of nitrogens with two attached hydrogens (primary N) is 1. The van der Waals surface area contributed by atoms with E-state index >= 15 is 0 Å². The van der Waals surface area contributed by atoms with E-state index in [0.717, 1.165) is 36.6 Å². The summed E-state index contributed by atoms with van der Waals surface area (Å²) in [5.41, 5.74) is 10.2. The van der Waals surface area contributed by atoms with E-state index in [1.54, 1.807) is 23.1 Å². The molecule has 0 atom stereocenters. The largest absolute Gasteiger partial charge is 0.507 e. The van der Waals surface area contributed by atoms with E-state index in [1.807, 2.05) is 54.6 Å². The molecule has 0 radical (unpaired) electrons. The summed E-state index contributed by atoms with van der Waals surface area (Å²) in [6, 6.07) is 26.8. The zero-order valence-electron chi connectivity index (χ0n) is 23.3. The minimum atomic E-state index is -0.262. The third-order valence-corrected chi connectivity index (χ3v) is 7.61. The van der Waals surface area contributed by atoms with E-state index in [2.05, 4.69) is 32.1 Å². The number of benzene rings is 3. The maximum atomic E-state index is 12.5. The van der Waals surface area contributed by atoms with Gasteiger partial charge in [-0.05, 0) is 41.5 Å². The molecule has 10 heteroatoms. The van der Waals surface area contributed by atoms with Crippen LogP contribution in [-0.2, 0) is 17.9 Å². The Morgan fingerprint density at radius 1 is 0.881 bits per heavy atom. The summed E-state index contributed by atoms with van der Waals surface area (Å²) in [5, 5.41) is 18.5. The van der Waals surface area contributed by atoms with Gasteiger partial charge < -0.3 is 30.1 Å². The Morgan fingerprint density at radius 2 is 1.62 bits per heavy atom. The molecular formula is C32H34N6O4. The van der Waals surface area contributed by atoms with Gasteiger partial charge in [0.05, 0.1) is 24.5 Å². The number of phenolic OH excluding ortho intramolecular Hbond substituents is 1. The number of hydrogen-bond acceptors (Lipinski definition) is 9. The number of nitrogens with zero attached hydrogens (tertiary/aromatic N) is 5. The topological polar surface area (TPSA) is 117 Å². The molecule has 10 nitrogen and oxygen atoms in total. The minimum Gasteiger partial charge on any atom is -0.507 e. The molecule has 216 valence electrons. The Hall–Kier alpha value is -4.83. The number of carbonyl (C=O) groups excluding carboxylic acids is 1. The summed E-state index contributed by atoms with van der Waals surface area (Å²) in [5.74, 6) is 1.32. The molecule has 2 saturated heterocycles. The van der Waals surface area contributed by atoms with Crippen molar-refractivity contribution in [3.8, 4) is 22.8 Å². The Bertz CT molecular complexity index is 1520. The molecule has 0 unspecified atom stereocenters. The lowest BCUT2D eigenvalue weighted by atomic mass is 10.1. The lowest BCUT2D eigenvalue weighted by Crippen LogP contribution is -2.54. The van der Waals surface area contributed by atoms with Crippen LogP contribution in [0.15, 0.2) is 84.9 Å². The number of phenols is 1. The highest BCUT2D eigenvalue weighted by molar-refractivity contribution is 5.74. The van der Waals surface area contributed by atoms with E-state index in [9.17, 15) is 9.90 Å². The fraction of sp³-hybridized carbons (Fsp3) is 0.281. The normalized spacial score (nSPS) is 15.7. The Morgan fingerprint density at radius 3 is 2.40 bits per heavy atom. The SMILES string of the molecule is Nc1nnc(-c2ccccc2O)cc1N1CC(Oc2cccc(CN3CCN(C(=O)OCc4ccccc4)CC3)c2)C1. The van der Waals surface area contributed by atoms with Gasteiger partial charge in [-0.15, -0.1) is 10.2 Å². The van der Waals surface area contributed by atoms with Crippen molar-refractivity contribution in [3.63, 3.8) is 0 Å². The molecule has 0 saturated carbocycles. The van der Waals surface area contributed by atoms with E-state index in [0.29, 0.717) is 43.3 Å². The first kappa shape index (κ1) is 27.3. The smallest absolute Gasteiger partial charge is 0.410 e. The fourth-order valence-corrected chi connectivity index (χ4v) is 5.24. The predicted molar refractivity (Wildman–Crippen MR) is 160 cm³/mol. The average Bonchev–Trinajstić information content (AvgIpc) is 2.99. The number of aromatic nitrogens is 2. The summed E-state index contributed by atoms with van der Waals surface area (Å²) in [6.07, 6.45) is -0.242. The monoisotopic (exact) mass is 566 g/mol. The molecule has 4 aromatic rings. The summed E-state index contributed by atoms with van der Waals surface area (Å²) < 4.78 is 11.8. The quantitative estimate of drug-likeness (QED) is 0.324. The van der Waals surface area contributed by atoms with Crippen molar-refractivity contribution in [1.82, 2.24) is 20.0 Å². The molecule has 3 N–H and O–H groups in total. The van der Waals surface area contributed by atoms with Crippen LogP contribution >= 0.6 is 0 Å². The highest BCUT2D eigenvalue weighted by atomic mass is 16.6. The van der Waals surface area contributed by atoms with Gasteiger partial charge in [0.15, 0.2) is 5.82 Å². The second-order valence-corrected chi connectivity index (χ2v) is 10.6. The van der Waals surface area contributed by atoms with Gasteiger partial charge in [0.2, 0.25) is 0 Å². The van der Waals surface area contributed by atoms with Gasteiger partial charge in [-0.3, -0.25) is 4.90 Å². The van der Waals surface area contributed by atoms with Crippen LogP contribution in [0.2, 0.25) is 0 Å². The number of anilines is 2. The van der Waals surface area contributed by atoms with Gasteiger partial charge in [-0.25, -0.2) is 4.79 Å². The molecule has 0 spiro atoms. The molecule has 2 fully saturated rings. The van der Waals surface area contributed by atoms with E-state index in [1.165, 1.54) is 5.56 Å². The first-order valence-electron chi connectivity index (χ1n) is 14.1. The lowest BCUT2D eigenvalue weighted by molar-refractivity contribution is 0.0700. The standard InChI is InChI=1S/C32H34N6O4/c33-31-29(18-28(34-35-31)27-11-4-5-12-30(27)39)38-20-26(21-38)42-25-10-6-9-24(17-25)19-36-13-15-37(16-14-36)32(40)41-22-23-7-2-1-3-8-23/h1-12,17-18,26,39H,13-16,19-22H2,(H2,33,35). The van der Waals surface area contributed by atoms with Crippen LogP contribution in [0.1, 0.15) is 11.1 Å². The van der Waals surface area contributed by atoms with Crippen molar-refractivity contribution in [2.45, 2.75) is 19.3 Å². The van der Waals surface area contributed by atoms with Crippen molar-refractivity contribution >= 4 is 17.6 Å². The molecule has 0 aliphatic carbocycles. The summed E-state index contributed by atoms with van der Waals surface area (Å²) in [7, 11) is 0. The van der Waals surface area contributed by atoms with Gasteiger partial charge in [0, 0.05) is 38.3 Å². The highest BCUT2D eigenvalue weighted by Gasteiger charge is 2.31. The van der Waals surface area contributed by atoms with Crippen molar-refractivity contribution in [3.05, 3.63) is 96.1 Å². The highest BCUT2D eigenvalue weighted by Crippen LogP contribution is 2.33. The summed E-state index contributed by atoms with van der Waals surface area (Å²) in [6.45, 7) is 5.26. The van der Waals surface area contributed by atoms with Crippen LogP contribution in [0.4, 0.5) is 16.3 Å². The van der Waals surface area contributed by atoms with E-state index in [-0.39, 0.29) is 24.6 Å². The van der Waals surface area contributed by atoms with Gasteiger partial charge in [0.1, 0.15) is 24.2 Å². The molecule has 42 heavy (non-hydrogen) atoms. The molecule has 1 amide bonds. The Balaban J connectivity index is 0.976. The first-order valence-corrected chi connectivity index (χ1v) is 14.1. The number of hydrogen-bond donors (Lipinski definition) is 2. The number of aromatic hydroxyl groups is 1. The number of rotatable bonds is 8. The number of ether oxygens (including phenoxy) is 2. The number of amides is 1. The van der Waals surface area contributed by atoms with Crippen molar-refractivity contribution < 1.29 is 19.4 Å². The second-order valence-electron chi connectivity index (χ2n) is 10.6. The van der Waals surface area contributed by atoms with Gasteiger partial charge in [-0.1, -0.05) is 54.6 Å². The van der Waals surface area contributed by atoms with Crippen LogP contribution in [0, 0.1) is 0 Å². The minimum absolute atomic E-state index is 0.0202. The van der Waals surface area contributed by atoms with Crippen molar-refractivity contribution in [2.75, 3.05) is 49.9 Å². The number of piperazine rings is 1. The third-order valence-electron chi connectivity index (χ3n) is 7.61. The van der Waals surface area contributed by atoms with Crippen molar-refractivity contribution in [1.29, 1.82) is 0 Å². The molecule has 0 bridgehead atoms. The summed E-state index contributed by atoms with van der Waals surface area (Å²) >= 11 is 0. The van der Waals surface area contributed by atoms with Crippen molar-refractivity contribution in [2.24, 2.45) is 0 Å². The maximum Gasteiger partial charge on any atom is 0.410 e. The maximum absolute atomic E-state index is 12.5. The third kappa shape index (κ3) is 6.39. The number of nitrogen functional groups attached to an aromatic ring is 1. The Labute approximate surface area is 244 Å². The molecule has 3 aromatic carbocycles. The summed E-state index contributed by atoms with van der Waals surface area (Å²) in [4.78, 5) is 18.7. The van der Waals surface area contributed by atoms with Crippen LogP contribution in [0.3, 0.4) is 0 Å². The molecule has 3 heterocycles. The molecular weight excluding hydrogens is 532 g/mol. The average molecular weight is 567 g/mol. The van der Waals surface area contributed by atoms with Crippen LogP contribution in [-0.4, -0.2) is 76.6 Å². The molecule has 1 aromatic heterocycles. The van der Waals surface area contributed by atoms with Gasteiger partial charge >= 0.3 is 6.09 Å². The van der Waals surface area contributed by atoms with E-state index < -0.39 is 0 Å². The Kier molecular flexibility index (Phi) is 8.05. The second kappa shape index (κ2) is 12.4. The predicted octanol–water partition coefficient (Wildman–Crippen LogP) is 4.15. The first-order chi connectivity index (χ1) is 20.5. The van der Waals surface area contributed by atoms with E-state index in [4.69, 9.17) is 15.2 Å².